The molecule has 0 aliphatic carbocycles. The summed E-state index contributed by atoms with van der Waals surface area (Å²) in [4.78, 5) is 14.3. The minimum atomic E-state index is 0.149. The van der Waals surface area contributed by atoms with E-state index in [1.54, 1.807) is 11.3 Å². The third-order valence-electron chi connectivity index (χ3n) is 2.61. The molecule has 0 radical (unpaired) electrons. The second kappa shape index (κ2) is 4.62. The first kappa shape index (κ1) is 11.1. The number of aryl methyl sites for hydroxylation is 2. The maximum absolute atomic E-state index is 12.2. The highest BCUT2D eigenvalue weighted by atomic mass is 32.1. The summed E-state index contributed by atoms with van der Waals surface area (Å²) in [5, 5.41) is 0. The zero-order chi connectivity index (χ0) is 11.5. The molecule has 1 aromatic heterocycles. The van der Waals surface area contributed by atoms with Crippen molar-refractivity contribution in [2.75, 3.05) is 0 Å². The predicted molar refractivity (Wildman–Crippen MR) is 68.3 cm³/mol. The molecule has 0 atom stereocenters. The molecule has 0 saturated heterocycles. The van der Waals surface area contributed by atoms with Crippen molar-refractivity contribution in [3.8, 4) is 0 Å². The average molecular weight is 230 g/mol. The summed E-state index contributed by atoms with van der Waals surface area (Å²) in [6, 6.07) is 11.7. The lowest BCUT2D eigenvalue weighted by molar-refractivity contribution is 0.104. The van der Waals surface area contributed by atoms with Gasteiger partial charge in [-0.1, -0.05) is 31.2 Å². The van der Waals surface area contributed by atoms with Crippen LogP contribution in [0.2, 0.25) is 0 Å². The summed E-state index contributed by atoms with van der Waals surface area (Å²) >= 11 is 1.56. The van der Waals surface area contributed by atoms with Crippen molar-refractivity contribution in [3.05, 3.63) is 57.3 Å². The van der Waals surface area contributed by atoms with Gasteiger partial charge in [-0.05, 0) is 31.0 Å². The van der Waals surface area contributed by atoms with Crippen molar-refractivity contribution >= 4 is 17.1 Å². The van der Waals surface area contributed by atoms with Crippen LogP contribution in [0.25, 0.3) is 0 Å². The number of benzene rings is 1. The maximum atomic E-state index is 12.2. The first-order chi connectivity index (χ1) is 7.72. The van der Waals surface area contributed by atoms with Crippen molar-refractivity contribution in [3.63, 3.8) is 0 Å². The van der Waals surface area contributed by atoms with Crippen LogP contribution < -0.4 is 0 Å². The molecule has 0 aliphatic heterocycles. The molecular formula is C14H14OS. The molecule has 0 fully saturated rings. The van der Waals surface area contributed by atoms with Crippen LogP contribution in [0.15, 0.2) is 36.4 Å². The molecule has 2 rings (SSSR count). The highest BCUT2D eigenvalue weighted by Gasteiger charge is 2.13. The summed E-state index contributed by atoms with van der Waals surface area (Å²) in [6.45, 7) is 4.10. The van der Waals surface area contributed by atoms with Gasteiger partial charge in [0.05, 0.1) is 4.88 Å². The van der Waals surface area contributed by atoms with Crippen LogP contribution >= 0.6 is 11.3 Å². The zero-order valence-corrected chi connectivity index (χ0v) is 10.3. The molecule has 0 spiro atoms. The van der Waals surface area contributed by atoms with E-state index >= 15 is 0 Å². The Morgan fingerprint density at radius 1 is 1.19 bits per heavy atom. The Morgan fingerprint density at radius 2 is 1.94 bits per heavy atom. The summed E-state index contributed by atoms with van der Waals surface area (Å²) < 4.78 is 0. The van der Waals surface area contributed by atoms with E-state index < -0.39 is 0 Å². The lowest BCUT2D eigenvalue weighted by Gasteiger charge is -2.04. The summed E-state index contributed by atoms with van der Waals surface area (Å²) in [7, 11) is 0. The van der Waals surface area contributed by atoms with Crippen LogP contribution in [-0.2, 0) is 6.42 Å². The monoisotopic (exact) mass is 230 g/mol. The Kier molecular flexibility index (Phi) is 3.20. The molecule has 1 heterocycles. The fraction of sp³-hybridized carbons (Fsp3) is 0.214. The Hall–Kier alpha value is -1.41. The third kappa shape index (κ3) is 2.07. The average Bonchev–Trinajstić information content (AvgIpc) is 2.75. The zero-order valence-electron chi connectivity index (χ0n) is 9.49. The highest BCUT2D eigenvalue weighted by Crippen LogP contribution is 2.21. The third-order valence-corrected chi connectivity index (χ3v) is 3.61. The molecule has 82 valence electrons. The molecule has 0 unspecified atom stereocenters. The van der Waals surface area contributed by atoms with Gasteiger partial charge in [-0.3, -0.25) is 4.79 Å². The fourth-order valence-corrected chi connectivity index (χ4v) is 2.56. The van der Waals surface area contributed by atoms with Crippen molar-refractivity contribution < 1.29 is 4.79 Å². The predicted octanol–water partition coefficient (Wildman–Crippen LogP) is 3.85. The summed E-state index contributed by atoms with van der Waals surface area (Å²) in [6.07, 6.45) is 0.895. The standard InChI is InChI=1S/C14H14OS/c1-3-11-6-4-5-7-12(11)14(15)13-9-8-10(2)16-13/h4-9H,3H2,1-2H3. The van der Waals surface area contributed by atoms with Gasteiger partial charge < -0.3 is 0 Å². The van der Waals surface area contributed by atoms with Gasteiger partial charge >= 0.3 is 0 Å². The minimum Gasteiger partial charge on any atom is -0.288 e. The highest BCUT2D eigenvalue weighted by molar-refractivity contribution is 7.14. The van der Waals surface area contributed by atoms with Crippen LogP contribution in [0.3, 0.4) is 0 Å². The van der Waals surface area contributed by atoms with Gasteiger partial charge in [-0.25, -0.2) is 0 Å². The van der Waals surface area contributed by atoms with Gasteiger partial charge in [0.15, 0.2) is 0 Å². The van der Waals surface area contributed by atoms with E-state index in [1.807, 2.05) is 43.3 Å². The smallest absolute Gasteiger partial charge is 0.203 e. The Labute approximate surface area is 99.8 Å². The topological polar surface area (TPSA) is 17.1 Å². The first-order valence-corrected chi connectivity index (χ1v) is 6.23. The quantitative estimate of drug-likeness (QED) is 0.732. The number of rotatable bonds is 3. The van der Waals surface area contributed by atoms with E-state index in [1.165, 1.54) is 4.88 Å². The van der Waals surface area contributed by atoms with Crippen molar-refractivity contribution in [2.24, 2.45) is 0 Å². The summed E-state index contributed by atoms with van der Waals surface area (Å²) in [5.74, 6) is 0.149. The van der Waals surface area contributed by atoms with E-state index in [9.17, 15) is 4.79 Å². The Balaban J connectivity index is 2.41. The van der Waals surface area contributed by atoms with Crippen LogP contribution in [0.5, 0.6) is 0 Å². The number of ketones is 1. The molecule has 0 N–H and O–H groups in total. The van der Waals surface area contributed by atoms with Gasteiger partial charge in [0, 0.05) is 10.4 Å². The van der Waals surface area contributed by atoms with Gasteiger partial charge in [0.25, 0.3) is 0 Å². The largest absolute Gasteiger partial charge is 0.288 e. The molecule has 16 heavy (non-hydrogen) atoms. The summed E-state index contributed by atoms with van der Waals surface area (Å²) in [5.41, 5.74) is 1.96. The Morgan fingerprint density at radius 3 is 2.56 bits per heavy atom. The fourth-order valence-electron chi connectivity index (χ4n) is 1.74. The number of hydrogen-bond acceptors (Lipinski definition) is 2. The van der Waals surface area contributed by atoms with Crippen LogP contribution in [0, 0.1) is 6.92 Å². The van der Waals surface area contributed by atoms with E-state index in [2.05, 4.69) is 6.92 Å². The lowest BCUT2D eigenvalue weighted by atomic mass is 10.0. The molecule has 0 amide bonds. The van der Waals surface area contributed by atoms with Crippen molar-refractivity contribution in [2.45, 2.75) is 20.3 Å². The molecule has 0 aliphatic rings. The van der Waals surface area contributed by atoms with E-state index in [-0.39, 0.29) is 5.78 Å². The second-order valence-electron chi connectivity index (χ2n) is 3.75. The van der Waals surface area contributed by atoms with Crippen molar-refractivity contribution in [1.29, 1.82) is 0 Å². The second-order valence-corrected chi connectivity index (χ2v) is 5.04. The minimum absolute atomic E-state index is 0.149. The Bertz CT molecular complexity index is 511. The van der Waals surface area contributed by atoms with Crippen LogP contribution in [0.1, 0.15) is 32.6 Å². The molecule has 1 nitrogen and oxygen atoms in total. The van der Waals surface area contributed by atoms with E-state index in [0.29, 0.717) is 0 Å². The number of thiophene rings is 1. The lowest BCUT2D eigenvalue weighted by Crippen LogP contribution is -2.02. The van der Waals surface area contributed by atoms with Gasteiger partial charge in [-0.2, -0.15) is 0 Å². The number of hydrogen-bond donors (Lipinski definition) is 0. The van der Waals surface area contributed by atoms with Gasteiger partial charge in [0.1, 0.15) is 0 Å². The molecule has 0 bridgehead atoms. The van der Waals surface area contributed by atoms with Crippen LogP contribution in [-0.4, -0.2) is 5.78 Å². The van der Waals surface area contributed by atoms with Gasteiger partial charge in [-0.15, -0.1) is 11.3 Å². The maximum Gasteiger partial charge on any atom is 0.203 e. The molecule has 0 saturated carbocycles. The van der Waals surface area contributed by atoms with Crippen molar-refractivity contribution in [1.82, 2.24) is 0 Å². The van der Waals surface area contributed by atoms with Gasteiger partial charge in [0.2, 0.25) is 5.78 Å². The molecule has 2 aromatic rings. The molecule has 1 aromatic carbocycles. The van der Waals surface area contributed by atoms with Crippen LogP contribution in [0.4, 0.5) is 0 Å². The normalized spacial score (nSPS) is 10.4. The van der Waals surface area contributed by atoms with E-state index in [0.717, 1.165) is 22.4 Å². The van der Waals surface area contributed by atoms with E-state index in [4.69, 9.17) is 0 Å². The first-order valence-electron chi connectivity index (χ1n) is 5.41. The SMILES string of the molecule is CCc1ccccc1C(=O)c1ccc(C)s1. The molecular weight excluding hydrogens is 216 g/mol. The number of carbonyl (C=O) groups excluding carboxylic acids is 1. The number of carbonyl (C=O) groups is 1. The molecule has 2 heteroatoms.